The fourth-order valence-electron chi connectivity index (χ4n) is 1.14. The van der Waals surface area contributed by atoms with Crippen LogP contribution in [0, 0.1) is 10.1 Å². The molecule has 0 spiro atoms. The highest BCUT2D eigenvalue weighted by atomic mass is 16.6. The Morgan fingerprint density at radius 2 is 2.36 bits per heavy atom. The predicted molar refractivity (Wildman–Crippen MR) is 48.5 cm³/mol. The summed E-state index contributed by atoms with van der Waals surface area (Å²) < 4.78 is 4.86. The minimum absolute atomic E-state index is 0.0304. The zero-order chi connectivity index (χ0) is 10.1. The van der Waals surface area contributed by atoms with Gasteiger partial charge in [0, 0.05) is 12.1 Å². The molecule has 72 valence electrons. The number of hydrogen-bond donors (Lipinski definition) is 2. The summed E-state index contributed by atoms with van der Waals surface area (Å²) >= 11 is 0. The first-order valence-electron chi connectivity index (χ1n) is 3.73. The van der Waals surface area contributed by atoms with Gasteiger partial charge >= 0.3 is 0 Å². The van der Waals surface area contributed by atoms with Crippen molar-refractivity contribution in [3.8, 4) is 0 Å². The average Bonchev–Trinajstić information content (AvgIpc) is 2.59. The molecule has 0 saturated carbocycles. The van der Waals surface area contributed by atoms with Crippen LogP contribution in [0.5, 0.6) is 0 Å². The zero-order valence-corrected chi connectivity index (χ0v) is 6.93. The highest BCUT2D eigenvalue weighted by Gasteiger charge is 2.12. The summed E-state index contributed by atoms with van der Waals surface area (Å²) in [7, 11) is 0. The maximum Gasteiger partial charge on any atom is 0.270 e. The van der Waals surface area contributed by atoms with E-state index >= 15 is 0 Å². The largest absolute Gasteiger partial charge is 0.354 e. The Hall–Kier alpha value is -2.15. The number of anilines is 1. The van der Waals surface area contributed by atoms with Gasteiger partial charge in [-0.3, -0.25) is 10.1 Å². The molecular formula is C7H6N4O3. The SMILES string of the molecule is NNc1noc2ccc([N+](=O)[O-])cc12. The number of nitro benzene ring substituents is 1. The maximum atomic E-state index is 10.5. The van der Waals surface area contributed by atoms with Crippen LogP contribution >= 0.6 is 0 Å². The van der Waals surface area contributed by atoms with Crippen LogP contribution in [0.1, 0.15) is 0 Å². The Bertz CT molecular complexity index is 493. The number of nitrogen functional groups attached to an aromatic ring is 1. The van der Waals surface area contributed by atoms with Crippen molar-refractivity contribution in [2.24, 2.45) is 5.84 Å². The average molecular weight is 194 g/mol. The second-order valence-electron chi connectivity index (χ2n) is 2.61. The van der Waals surface area contributed by atoms with Crippen LogP contribution in [0.4, 0.5) is 11.5 Å². The maximum absolute atomic E-state index is 10.5. The lowest BCUT2D eigenvalue weighted by Gasteiger charge is -1.92. The first kappa shape index (κ1) is 8.45. The second kappa shape index (κ2) is 2.96. The van der Waals surface area contributed by atoms with Crippen LogP contribution in [-0.2, 0) is 0 Å². The predicted octanol–water partition coefficient (Wildman–Crippen LogP) is 1.02. The molecule has 0 amide bonds. The highest BCUT2D eigenvalue weighted by Crippen LogP contribution is 2.26. The summed E-state index contributed by atoms with van der Waals surface area (Å²) in [6.07, 6.45) is 0. The standard InChI is InChI=1S/C7H6N4O3/c8-9-7-5-3-4(11(12)13)1-2-6(5)14-10-7/h1-3H,8H2,(H,9,10). The van der Waals surface area contributed by atoms with Crippen LogP contribution in [-0.4, -0.2) is 10.1 Å². The van der Waals surface area contributed by atoms with Gasteiger partial charge in [-0.2, -0.15) is 0 Å². The Kier molecular flexibility index (Phi) is 1.79. The summed E-state index contributed by atoms with van der Waals surface area (Å²) in [6.45, 7) is 0. The van der Waals surface area contributed by atoms with E-state index in [1.54, 1.807) is 0 Å². The molecule has 0 aliphatic heterocycles. The van der Waals surface area contributed by atoms with Gasteiger partial charge in [-0.05, 0) is 6.07 Å². The van der Waals surface area contributed by atoms with Crippen molar-refractivity contribution in [2.75, 3.05) is 5.43 Å². The van der Waals surface area contributed by atoms with Crippen molar-refractivity contribution in [3.05, 3.63) is 28.3 Å². The summed E-state index contributed by atoms with van der Waals surface area (Å²) in [5, 5.41) is 14.5. The normalized spacial score (nSPS) is 10.4. The number of hydrazine groups is 1. The lowest BCUT2D eigenvalue weighted by Crippen LogP contribution is -2.06. The quantitative estimate of drug-likeness (QED) is 0.419. The number of nitro groups is 1. The number of nitrogens with one attached hydrogen (secondary N) is 1. The number of non-ortho nitro benzene ring substituents is 1. The molecule has 0 aliphatic carbocycles. The monoisotopic (exact) mass is 194 g/mol. The third-order valence-corrected chi connectivity index (χ3v) is 1.80. The molecule has 0 radical (unpaired) electrons. The lowest BCUT2D eigenvalue weighted by molar-refractivity contribution is -0.384. The van der Waals surface area contributed by atoms with E-state index in [0.29, 0.717) is 11.0 Å². The Morgan fingerprint density at radius 3 is 3.00 bits per heavy atom. The van der Waals surface area contributed by atoms with Gasteiger partial charge in [0.05, 0.1) is 10.3 Å². The van der Waals surface area contributed by atoms with Gasteiger partial charge in [0.15, 0.2) is 11.4 Å². The van der Waals surface area contributed by atoms with Crippen LogP contribution in [0.3, 0.4) is 0 Å². The molecule has 0 atom stereocenters. The molecular weight excluding hydrogens is 188 g/mol. The number of hydrogen-bond acceptors (Lipinski definition) is 6. The summed E-state index contributed by atoms with van der Waals surface area (Å²) in [5.74, 6) is 5.43. The van der Waals surface area contributed by atoms with E-state index in [4.69, 9.17) is 10.4 Å². The number of benzene rings is 1. The molecule has 1 heterocycles. The second-order valence-corrected chi connectivity index (χ2v) is 2.61. The van der Waals surface area contributed by atoms with Crippen molar-refractivity contribution >= 4 is 22.5 Å². The van der Waals surface area contributed by atoms with Gasteiger partial charge in [-0.25, -0.2) is 5.84 Å². The van der Waals surface area contributed by atoms with E-state index in [-0.39, 0.29) is 11.5 Å². The third kappa shape index (κ3) is 1.15. The summed E-state index contributed by atoms with van der Waals surface area (Å²) in [5.41, 5.74) is 2.71. The number of rotatable bonds is 2. The Morgan fingerprint density at radius 1 is 1.57 bits per heavy atom. The van der Waals surface area contributed by atoms with E-state index in [1.165, 1.54) is 18.2 Å². The van der Waals surface area contributed by atoms with Crippen LogP contribution < -0.4 is 11.3 Å². The van der Waals surface area contributed by atoms with Gasteiger partial charge in [-0.1, -0.05) is 5.16 Å². The van der Waals surface area contributed by atoms with Crippen LogP contribution in [0.2, 0.25) is 0 Å². The molecule has 1 aromatic heterocycles. The van der Waals surface area contributed by atoms with E-state index in [9.17, 15) is 10.1 Å². The van der Waals surface area contributed by atoms with Crippen molar-refractivity contribution < 1.29 is 9.45 Å². The molecule has 0 fully saturated rings. The van der Waals surface area contributed by atoms with Gasteiger partial charge in [0.1, 0.15) is 0 Å². The molecule has 14 heavy (non-hydrogen) atoms. The van der Waals surface area contributed by atoms with E-state index in [1.807, 2.05) is 0 Å². The fourth-order valence-corrected chi connectivity index (χ4v) is 1.14. The molecule has 0 bridgehead atoms. The van der Waals surface area contributed by atoms with Gasteiger partial charge in [-0.15, -0.1) is 0 Å². The molecule has 0 aliphatic rings. The number of aromatic nitrogens is 1. The van der Waals surface area contributed by atoms with E-state index in [0.717, 1.165) is 0 Å². The van der Waals surface area contributed by atoms with Crippen LogP contribution in [0.15, 0.2) is 22.7 Å². The van der Waals surface area contributed by atoms with Gasteiger partial charge < -0.3 is 9.95 Å². The molecule has 0 unspecified atom stereocenters. The van der Waals surface area contributed by atoms with E-state index < -0.39 is 4.92 Å². The fraction of sp³-hybridized carbons (Fsp3) is 0. The topological polar surface area (TPSA) is 107 Å². The molecule has 0 saturated heterocycles. The lowest BCUT2D eigenvalue weighted by atomic mass is 10.2. The number of nitrogens with two attached hydrogens (primary N) is 1. The van der Waals surface area contributed by atoms with Gasteiger partial charge in [0.2, 0.25) is 0 Å². The zero-order valence-electron chi connectivity index (χ0n) is 6.93. The molecule has 2 aromatic rings. The molecule has 1 aromatic carbocycles. The molecule has 7 heteroatoms. The smallest absolute Gasteiger partial charge is 0.270 e. The van der Waals surface area contributed by atoms with Crippen molar-refractivity contribution in [1.82, 2.24) is 5.16 Å². The number of fused-ring (bicyclic) bond motifs is 1. The first-order chi connectivity index (χ1) is 6.72. The third-order valence-electron chi connectivity index (χ3n) is 1.80. The molecule has 3 N–H and O–H groups in total. The van der Waals surface area contributed by atoms with Gasteiger partial charge in [0.25, 0.3) is 5.69 Å². The van der Waals surface area contributed by atoms with E-state index in [2.05, 4.69) is 10.6 Å². The Balaban J connectivity index is 2.67. The Labute approximate surface area is 77.6 Å². The minimum Gasteiger partial charge on any atom is -0.354 e. The van der Waals surface area contributed by atoms with Crippen molar-refractivity contribution in [3.63, 3.8) is 0 Å². The first-order valence-corrected chi connectivity index (χ1v) is 3.73. The number of nitrogens with zero attached hydrogens (tertiary/aromatic N) is 2. The van der Waals surface area contributed by atoms with Crippen molar-refractivity contribution in [1.29, 1.82) is 0 Å². The highest BCUT2D eigenvalue weighted by molar-refractivity contribution is 5.89. The minimum atomic E-state index is -0.493. The van der Waals surface area contributed by atoms with Crippen LogP contribution in [0.25, 0.3) is 11.0 Å². The summed E-state index contributed by atoms with van der Waals surface area (Å²) in [6, 6.07) is 4.16. The van der Waals surface area contributed by atoms with Crippen molar-refractivity contribution in [2.45, 2.75) is 0 Å². The summed E-state index contributed by atoms with van der Waals surface area (Å²) in [4.78, 5) is 9.98. The molecule has 2 rings (SSSR count). The molecule has 7 nitrogen and oxygen atoms in total.